The topological polar surface area (TPSA) is 48.1 Å². The van der Waals surface area contributed by atoms with Gasteiger partial charge in [0.05, 0.1) is 12.8 Å². The van der Waals surface area contributed by atoms with E-state index in [1.54, 1.807) is 7.11 Å². The fourth-order valence-corrected chi connectivity index (χ4v) is 3.66. The Morgan fingerprint density at radius 1 is 1.41 bits per heavy atom. The lowest BCUT2D eigenvalue weighted by molar-refractivity contribution is 0.391. The third-order valence-electron chi connectivity index (χ3n) is 3.24. The van der Waals surface area contributed by atoms with Gasteiger partial charge in [-0.3, -0.25) is 0 Å². The van der Waals surface area contributed by atoms with Crippen LogP contribution >= 0.6 is 11.8 Å². The lowest BCUT2D eigenvalue weighted by Crippen LogP contribution is -2.15. The molecule has 1 fully saturated rings. The molecule has 0 saturated heterocycles. The first-order chi connectivity index (χ1) is 8.19. The molecule has 1 aromatic rings. The average Bonchev–Trinajstić information content (AvgIpc) is 2.32. The minimum absolute atomic E-state index is 0.644. The number of hydrogen-bond acceptors (Lipinski definition) is 4. The van der Waals surface area contributed by atoms with Gasteiger partial charge in [0.15, 0.2) is 0 Å². The van der Waals surface area contributed by atoms with Crippen LogP contribution < -0.4 is 10.5 Å². The summed E-state index contributed by atoms with van der Waals surface area (Å²) in [6.45, 7) is 2.33. The number of aromatic nitrogens is 1. The summed E-state index contributed by atoms with van der Waals surface area (Å²) >= 11 is 1.81. The molecule has 0 bridgehead atoms. The van der Waals surface area contributed by atoms with Gasteiger partial charge in [-0.25, -0.2) is 4.98 Å². The van der Waals surface area contributed by atoms with Crippen LogP contribution in [-0.4, -0.2) is 17.3 Å². The Morgan fingerprint density at radius 3 is 2.94 bits per heavy atom. The molecule has 1 aromatic heterocycles. The Morgan fingerprint density at radius 2 is 2.24 bits per heavy atom. The fraction of sp³-hybridized carbons (Fsp3) is 0.615. The average molecular weight is 252 g/mol. The van der Waals surface area contributed by atoms with Gasteiger partial charge in [0, 0.05) is 11.3 Å². The van der Waals surface area contributed by atoms with Crippen molar-refractivity contribution in [3.8, 4) is 5.88 Å². The van der Waals surface area contributed by atoms with E-state index in [0.29, 0.717) is 11.1 Å². The molecule has 0 aliphatic heterocycles. The highest BCUT2D eigenvalue weighted by atomic mass is 32.2. The van der Waals surface area contributed by atoms with E-state index in [4.69, 9.17) is 10.5 Å². The summed E-state index contributed by atoms with van der Waals surface area (Å²) in [5.74, 6) is 1.47. The molecule has 2 N–H and O–H groups in total. The Labute approximate surface area is 107 Å². The molecule has 0 amide bonds. The minimum Gasteiger partial charge on any atom is -0.481 e. The molecule has 0 radical (unpaired) electrons. The summed E-state index contributed by atoms with van der Waals surface area (Å²) in [5, 5.41) is 1.57. The molecule has 1 aliphatic carbocycles. The fourth-order valence-electron chi connectivity index (χ4n) is 2.29. The predicted molar refractivity (Wildman–Crippen MR) is 72.5 cm³/mol. The summed E-state index contributed by atoms with van der Waals surface area (Å²) in [6.07, 6.45) is 5.22. The highest BCUT2D eigenvalue weighted by molar-refractivity contribution is 8.00. The Balaban J connectivity index is 2.06. The molecular weight excluding hydrogens is 232 g/mol. The first-order valence-corrected chi connectivity index (χ1v) is 7.04. The van der Waals surface area contributed by atoms with Gasteiger partial charge in [-0.05, 0) is 24.8 Å². The van der Waals surface area contributed by atoms with Crippen LogP contribution in [0.4, 0.5) is 5.69 Å². The molecule has 2 unspecified atom stereocenters. The van der Waals surface area contributed by atoms with Crippen LogP contribution in [0.1, 0.15) is 32.6 Å². The quantitative estimate of drug-likeness (QED) is 0.896. The van der Waals surface area contributed by atoms with Crippen molar-refractivity contribution in [2.75, 3.05) is 12.8 Å². The molecule has 1 saturated carbocycles. The Kier molecular flexibility index (Phi) is 4.15. The molecule has 0 spiro atoms. The number of nitrogens with zero attached hydrogens (tertiary/aromatic N) is 1. The monoisotopic (exact) mass is 252 g/mol. The number of hydrogen-bond donors (Lipinski definition) is 1. The van der Waals surface area contributed by atoms with Crippen LogP contribution in [0, 0.1) is 5.92 Å². The largest absolute Gasteiger partial charge is 0.481 e. The number of ether oxygens (including phenoxy) is 1. The zero-order valence-corrected chi connectivity index (χ0v) is 11.3. The molecule has 1 aliphatic rings. The van der Waals surface area contributed by atoms with Crippen LogP contribution in [-0.2, 0) is 0 Å². The summed E-state index contributed by atoms with van der Waals surface area (Å²) in [7, 11) is 1.63. The molecule has 17 heavy (non-hydrogen) atoms. The van der Waals surface area contributed by atoms with Gasteiger partial charge in [0.25, 0.3) is 0 Å². The van der Waals surface area contributed by atoms with Crippen molar-refractivity contribution in [1.29, 1.82) is 0 Å². The first kappa shape index (κ1) is 12.6. The van der Waals surface area contributed by atoms with E-state index in [1.807, 2.05) is 23.9 Å². The van der Waals surface area contributed by atoms with Gasteiger partial charge >= 0.3 is 0 Å². The van der Waals surface area contributed by atoms with Crippen molar-refractivity contribution >= 4 is 17.4 Å². The number of methoxy groups -OCH3 is 1. The van der Waals surface area contributed by atoms with E-state index >= 15 is 0 Å². The smallest absolute Gasteiger partial charge is 0.214 e. The molecule has 2 atom stereocenters. The van der Waals surface area contributed by atoms with E-state index in [2.05, 4.69) is 11.9 Å². The Bertz CT molecular complexity index is 384. The lowest BCUT2D eigenvalue weighted by Gasteiger charge is -2.26. The molecule has 3 nitrogen and oxygen atoms in total. The SMILES string of the molecule is COc1ccc(N)c(SC2CCCC(C)C2)n1. The van der Waals surface area contributed by atoms with E-state index in [-0.39, 0.29) is 0 Å². The molecule has 94 valence electrons. The van der Waals surface area contributed by atoms with Gasteiger partial charge in [-0.15, -0.1) is 11.8 Å². The minimum atomic E-state index is 0.644. The van der Waals surface area contributed by atoms with Crippen LogP contribution in [0.15, 0.2) is 17.2 Å². The maximum absolute atomic E-state index is 5.96. The first-order valence-electron chi connectivity index (χ1n) is 6.16. The van der Waals surface area contributed by atoms with Crippen molar-refractivity contribution in [2.45, 2.75) is 42.9 Å². The van der Waals surface area contributed by atoms with E-state index in [0.717, 1.165) is 16.6 Å². The van der Waals surface area contributed by atoms with Crippen molar-refractivity contribution in [3.63, 3.8) is 0 Å². The maximum Gasteiger partial charge on any atom is 0.214 e. The molecule has 0 aromatic carbocycles. The standard InChI is InChI=1S/C13H20N2OS/c1-9-4-3-5-10(8-9)17-13-11(14)6-7-12(15-13)16-2/h6-7,9-10H,3-5,8,14H2,1-2H3. The zero-order valence-electron chi connectivity index (χ0n) is 10.5. The summed E-state index contributed by atoms with van der Waals surface area (Å²) < 4.78 is 5.14. The van der Waals surface area contributed by atoms with Gasteiger partial charge in [0.1, 0.15) is 5.03 Å². The maximum atomic E-state index is 5.96. The molecule has 4 heteroatoms. The number of nitrogens with two attached hydrogens (primary N) is 1. The van der Waals surface area contributed by atoms with Gasteiger partial charge in [0.2, 0.25) is 5.88 Å². The van der Waals surface area contributed by atoms with E-state index in [9.17, 15) is 0 Å². The van der Waals surface area contributed by atoms with Crippen LogP contribution in [0.2, 0.25) is 0 Å². The van der Waals surface area contributed by atoms with Crippen molar-refractivity contribution in [2.24, 2.45) is 5.92 Å². The summed E-state index contributed by atoms with van der Waals surface area (Å²) in [4.78, 5) is 4.43. The van der Waals surface area contributed by atoms with Gasteiger partial charge in [-0.2, -0.15) is 0 Å². The van der Waals surface area contributed by atoms with E-state index in [1.165, 1.54) is 25.7 Å². The number of nitrogen functional groups attached to an aromatic ring is 1. The van der Waals surface area contributed by atoms with Crippen molar-refractivity contribution in [1.82, 2.24) is 4.98 Å². The second kappa shape index (κ2) is 5.63. The summed E-state index contributed by atoms with van der Waals surface area (Å²) in [6, 6.07) is 3.68. The highest BCUT2D eigenvalue weighted by Gasteiger charge is 2.21. The zero-order chi connectivity index (χ0) is 12.3. The lowest BCUT2D eigenvalue weighted by atomic mass is 9.91. The Hall–Kier alpha value is -0.900. The van der Waals surface area contributed by atoms with Crippen LogP contribution in [0.3, 0.4) is 0 Å². The third-order valence-corrected chi connectivity index (χ3v) is 4.55. The third kappa shape index (κ3) is 3.28. The van der Waals surface area contributed by atoms with Crippen molar-refractivity contribution < 1.29 is 4.74 Å². The predicted octanol–water partition coefficient (Wildman–Crippen LogP) is 3.34. The van der Waals surface area contributed by atoms with Gasteiger partial charge < -0.3 is 10.5 Å². The van der Waals surface area contributed by atoms with Crippen molar-refractivity contribution in [3.05, 3.63) is 12.1 Å². The number of anilines is 1. The molecule has 2 rings (SSSR count). The molecule has 1 heterocycles. The van der Waals surface area contributed by atoms with E-state index < -0.39 is 0 Å². The van der Waals surface area contributed by atoms with Crippen LogP contribution in [0.25, 0.3) is 0 Å². The normalized spacial score (nSPS) is 24.6. The number of rotatable bonds is 3. The van der Waals surface area contributed by atoms with Gasteiger partial charge in [-0.1, -0.05) is 19.8 Å². The number of pyridine rings is 1. The molecular formula is C13H20N2OS. The van der Waals surface area contributed by atoms with Crippen LogP contribution in [0.5, 0.6) is 5.88 Å². The second-order valence-electron chi connectivity index (χ2n) is 4.76. The summed E-state index contributed by atoms with van der Waals surface area (Å²) in [5.41, 5.74) is 6.72. The second-order valence-corrected chi connectivity index (χ2v) is 6.05. The highest BCUT2D eigenvalue weighted by Crippen LogP contribution is 2.37. The number of thioether (sulfide) groups is 1.